The van der Waals surface area contributed by atoms with Crippen LogP contribution in [0, 0.1) is 23.6 Å². The summed E-state index contributed by atoms with van der Waals surface area (Å²) in [4.78, 5) is 26.9. The van der Waals surface area contributed by atoms with Crippen LogP contribution in [0.15, 0.2) is 53.4 Å². The van der Waals surface area contributed by atoms with Crippen LogP contribution in [0.25, 0.3) is 0 Å². The normalized spacial score (nSPS) is 22.1. The zero-order chi connectivity index (χ0) is 27.7. The standard InChI is InChI=1S/C30H40FNO5S/c1-4-22-7-5-6-16-37-26-12-8-23(9-13-26)18-24(20-38(35,36)27-14-10-25(31)11-15-27)30(34)32-28(17-21(2)3)29(33)19-22/h8-15,21-22,24,28H,4-7,16-20H2,1-3H3,(H,32,34)/t22-,24-,28+/m1/s1. The number of carbonyl (C=O) groups excluding carboxylic acids is 2. The summed E-state index contributed by atoms with van der Waals surface area (Å²) < 4.78 is 45.7. The van der Waals surface area contributed by atoms with E-state index in [2.05, 4.69) is 12.2 Å². The zero-order valence-corrected chi connectivity index (χ0v) is 23.4. The Morgan fingerprint density at radius 1 is 1.00 bits per heavy atom. The summed E-state index contributed by atoms with van der Waals surface area (Å²) in [7, 11) is -3.89. The van der Waals surface area contributed by atoms with E-state index in [4.69, 9.17) is 4.74 Å². The van der Waals surface area contributed by atoms with Gasteiger partial charge in [0.2, 0.25) is 5.91 Å². The average Bonchev–Trinajstić information content (AvgIpc) is 2.87. The number of nitrogens with one attached hydrogen (secondary N) is 1. The first-order chi connectivity index (χ1) is 18.1. The number of sulfone groups is 1. The molecule has 2 aromatic carbocycles. The lowest BCUT2D eigenvalue weighted by Gasteiger charge is -2.25. The van der Waals surface area contributed by atoms with E-state index in [1.165, 1.54) is 12.1 Å². The molecule has 0 saturated heterocycles. The first kappa shape index (κ1) is 29.8. The number of benzene rings is 2. The number of Topliss-reactive ketones (excluding diaryl/α,β-unsaturated/α-hetero) is 1. The number of ether oxygens (including phenoxy) is 1. The molecule has 208 valence electrons. The van der Waals surface area contributed by atoms with Gasteiger partial charge in [-0.1, -0.05) is 39.3 Å². The summed E-state index contributed by atoms with van der Waals surface area (Å²) in [5.41, 5.74) is 0.786. The number of rotatable bonds is 6. The van der Waals surface area contributed by atoms with Gasteiger partial charge in [-0.3, -0.25) is 9.59 Å². The molecule has 1 N–H and O–H groups in total. The number of hydrogen-bond acceptors (Lipinski definition) is 5. The smallest absolute Gasteiger partial charge is 0.225 e. The van der Waals surface area contributed by atoms with Gasteiger partial charge in [-0.2, -0.15) is 0 Å². The largest absolute Gasteiger partial charge is 0.494 e. The van der Waals surface area contributed by atoms with E-state index >= 15 is 0 Å². The molecule has 0 unspecified atom stereocenters. The number of amides is 1. The highest BCUT2D eigenvalue weighted by Gasteiger charge is 2.31. The molecule has 2 aliphatic heterocycles. The van der Waals surface area contributed by atoms with Crippen molar-refractivity contribution < 1.29 is 27.1 Å². The molecular formula is C30H40FNO5S. The number of hydrogen-bond donors (Lipinski definition) is 1. The minimum absolute atomic E-state index is 0.0106. The average molecular weight is 546 g/mol. The lowest BCUT2D eigenvalue weighted by molar-refractivity contribution is -0.130. The van der Waals surface area contributed by atoms with Crippen molar-refractivity contribution in [3.8, 4) is 5.75 Å². The predicted octanol–water partition coefficient (Wildman–Crippen LogP) is 5.54. The highest BCUT2D eigenvalue weighted by molar-refractivity contribution is 7.91. The Morgan fingerprint density at radius 2 is 1.68 bits per heavy atom. The lowest BCUT2D eigenvalue weighted by Crippen LogP contribution is -2.46. The molecule has 4 rings (SSSR count). The molecule has 0 saturated carbocycles. The SMILES string of the molecule is CC[C@@H]1CCCCOc2ccc(cc2)C[C@H](CS(=O)(=O)c2ccc(F)cc2)C(=O)N[C@@H](CC(C)C)C(=O)C1. The van der Waals surface area contributed by atoms with Crippen molar-refractivity contribution in [1.29, 1.82) is 0 Å². The van der Waals surface area contributed by atoms with Crippen LogP contribution in [0.5, 0.6) is 5.75 Å². The van der Waals surface area contributed by atoms with Crippen molar-refractivity contribution >= 4 is 21.5 Å². The minimum Gasteiger partial charge on any atom is -0.494 e. The van der Waals surface area contributed by atoms with E-state index in [0.29, 0.717) is 19.4 Å². The van der Waals surface area contributed by atoms with E-state index in [9.17, 15) is 22.4 Å². The number of carbonyl (C=O) groups is 2. The van der Waals surface area contributed by atoms with E-state index in [1.807, 2.05) is 38.1 Å². The summed E-state index contributed by atoms with van der Waals surface area (Å²) in [6.45, 7) is 6.65. The Balaban J connectivity index is 1.93. The molecule has 0 aromatic heterocycles. The second kappa shape index (κ2) is 13.9. The molecule has 2 aromatic rings. The number of ketones is 1. The maximum atomic E-state index is 13.6. The molecular weight excluding hydrogens is 505 g/mol. The summed E-state index contributed by atoms with van der Waals surface area (Å²) in [6, 6.07) is 11.3. The van der Waals surface area contributed by atoms with Crippen LogP contribution in [-0.2, 0) is 25.8 Å². The highest BCUT2D eigenvalue weighted by atomic mass is 32.2. The van der Waals surface area contributed by atoms with Gasteiger partial charge in [0.1, 0.15) is 11.6 Å². The van der Waals surface area contributed by atoms with Crippen LogP contribution < -0.4 is 10.1 Å². The Kier molecular flexibility index (Phi) is 10.9. The first-order valence-corrected chi connectivity index (χ1v) is 15.3. The van der Waals surface area contributed by atoms with E-state index in [-0.39, 0.29) is 28.9 Å². The molecule has 2 aliphatic rings. The van der Waals surface area contributed by atoms with Gasteiger partial charge >= 0.3 is 0 Å². The van der Waals surface area contributed by atoms with Crippen LogP contribution in [0.4, 0.5) is 4.39 Å². The monoisotopic (exact) mass is 545 g/mol. The van der Waals surface area contributed by atoms with Crippen molar-refractivity contribution in [2.75, 3.05) is 12.4 Å². The van der Waals surface area contributed by atoms with Crippen LogP contribution in [0.1, 0.15) is 64.9 Å². The Labute approximate surface area is 226 Å². The van der Waals surface area contributed by atoms with E-state index < -0.39 is 39.3 Å². The number of fused-ring (bicyclic) bond motifs is 14. The second-order valence-corrected chi connectivity index (χ2v) is 12.8. The summed E-state index contributed by atoms with van der Waals surface area (Å²) in [5.74, 6) is -1.29. The van der Waals surface area contributed by atoms with Crippen molar-refractivity contribution in [1.82, 2.24) is 5.32 Å². The van der Waals surface area contributed by atoms with Gasteiger partial charge in [0, 0.05) is 6.42 Å². The fraction of sp³-hybridized carbons (Fsp3) is 0.533. The second-order valence-electron chi connectivity index (χ2n) is 10.8. The van der Waals surface area contributed by atoms with Gasteiger partial charge in [0.15, 0.2) is 15.6 Å². The van der Waals surface area contributed by atoms with Gasteiger partial charge in [-0.15, -0.1) is 0 Å². The fourth-order valence-electron chi connectivity index (χ4n) is 4.87. The van der Waals surface area contributed by atoms with Crippen LogP contribution in [-0.4, -0.2) is 38.5 Å². The molecule has 3 atom stereocenters. The zero-order valence-electron chi connectivity index (χ0n) is 22.6. The van der Waals surface area contributed by atoms with Crippen molar-refractivity contribution in [2.24, 2.45) is 17.8 Å². The Hall–Kier alpha value is -2.74. The Bertz CT molecular complexity index is 1160. The molecule has 8 heteroatoms. The van der Waals surface area contributed by atoms with Crippen molar-refractivity contribution in [3.63, 3.8) is 0 Å². The van der Waals surface area contributed by atoms with Crippen LogP contribution >= 0.6 is 0 Å². The molecule has 1 amide bonds. The topological polar surface area (TPSA) is 89.5 Å². The molecule has 6 nitrogen and oxygen atoms in total. The summed E-state index contributed by atoms with van der Waals surface area (Å²) in [5, 5.41) is 2.92. The van der Waals surface area contributed by atoms with Crippen LogP contribution in [0.3, 0.4) is 0 Å². The summed E-state index contributed by atoms with van der Waals surface area (Å²) in [6.07, 6.45) is 4.66. The quantitative estimate of drug-likeness (QED) is 0.482. The predicted molar refractivity (Wildman–Crippen MR) is 146 cm³/mol. The number of halogens is 1. The molecule has 0 fully saturated rings. The van der Waals surface area contributed by atoms with E-state index in [1.54, 1.807) is 0 Å². The van der Waals surface area contributed by atoms with Gasteiger partial charge in [-0.05, 0) is 85.9 Å². The van der Waals surface area contributed by atoms with E-state index in [0.717, 1.165) is 49.1 Å². The third-order valence-corrected chi connectivity index (χ3v) is 8.96. The van der Waals surface area contributed by atoms with Gasteiger partial charge < -0.3 is 10.1 Å². The van der Waals surface area contributed by atoms with Crippen molar-refractivity contribution in [3.05, 3.63) is 59.9 Å². The molecule has 0 spiro atoms. The maximum Gasteiger partial charge on any atom is 0.225 e. The highest BCUT2D eigenvalue weighted by Crippen LogP contribution is 2.23. The maximum absolute atomic E-state index is 13.6. The Morgan fingerprint density at radius 3 is 2.32 bits per heavy atom. The fourth-order valence-corrected chi connectivity index (χ4v) is 6.41. The molecule has 2 heterocycles. The van der Waals surface area contributed by atoms with Crippen molar-refractivity contribution in [2.45, 2.75) is 76.7 Å². The third-order valence-electron chi connectivity index (χ3n) is 7.12. The van der Waals surface area contributed by atoms with Crippen LogP contribution in [0.2, 0.25) is 0 Å². The molecule has 0 radical (unpaired) electrons. The van der Waals surface area contributed by atoms with Gasteiger partial charge in [0.25, 0.3) is 0 Å². The minimum atomic E-state index is -3.89. The first-order valence-electron chi connectivity index (χ1n) is 13.6. The molecule has 2 bridgehead atoms. The van der Waals surface area contributed by atoms with Gasteiger partial charge in [0.05, 0.1) is 29.2 Å². The summed E-state index contributed by atoms with van der Waals surface area (Å²) >= 11 is 0. The van der Waals surface area contributed by atoms with Gasteiger partial charge in [-0.25, -0.2) is 12.8 Å². The molecule has 38 heavy (non-hydrogen) atoms. The molecule has 0 aliphatic carbocycles. The lowest BCUT2D eigenvalue weighted by atomic mass is 9.89. The third kappa shape index (κ3) is 8.93.